The normalized spacial score (nSPS) is 24.8. The number of nitrogens with zero attached hydrogens (tertiary/aromatic N) is 4. The second-order valence-electron chi connectivity index (χ2n) is 20.5. The Balaban J connectivity index is 0.703. The number of amides is 5. The molecule has 6 heterocycles. The van der Waals surface area contributed by atoms with Crippen LogP contribution in [0.15, 0.2) is 83.7 Å². The van der Waals surface area contributed by atoms with E-state index in [1.807, 2.05) is 29.2 Å². The molecule has 15 nitrogen and oxygen atoms in total. The highest BCUT2D eigenvalue weighted by molar-refractivity contribution is 6.31. The second kappa shape index (κ2) is 19.2. The second-order valence-corrected chi connectivity index (χ2v) is 21.4. The summed E-state index contributed by atoms with van der Waals surface area (Å²) in [6.07, 6.45) is 7.67. The van der Waals surface area contributed by atoms with Crippen molar-refractivity contribution in [2.45, 2.75) is 118 Å². The lowest BCUT2D eigenvalue weighted by Crippen LogP contribution is -2.60. The monoisotopic (exact) mass is 1020 g/mol. The van der Waals surface area contributed by atoms with Gasteiger partial charge in [0.15, 0.2) is 0 Å². The lowest BCUT2D eigenvalue weighted by Gasteiger charge is -2.47. The molecule has 1 saturated carbocycles. The maximum absolute atomic E-state index is 16.3. The van der Waals surface area contributed by atoms with Crippen LogP contribution in [0.1, 0.15) is 110 Å². The van der Waals surface area contributed by atoms with E-state index in [0.29, 0.717) is 71.9 Å². The summed E-state index contributed by atoms with van der Waals surface area (Å²) in [5.41, 5.74) is 2.32. The van der Waals surface area contributed by atoms with Gasteiger partial charge in [0.05, 0.1) is 34.3 Å². The Morgan fingerprint density at radius 2 is 1.54 bits per heavy atom. The number of hydrogen-bond acceptors (Lipinski definition) is 9. The molecule has 0 bridgehead atoms. The SMILES string of the molecule is Cn1c(=O)n(C2CCC(=O)NC2=O)c2ccc(CN3CCC(OC4CCN(C(=O)c5ccc(NC(=O)[C@@H]6NC7(CCCCC7)[C@@]7(C(=O)Nc8cc(Cl)ccc87)[C@H]6c6cccc(Cl)c6F)cc5)CC4)CC3)cc21. The molecule has 6 aliphatic rings. The Morgan fingerprint density at radius 3 is 2.26 bits per heavy atom. The molecule has 2 spiro atoms. The number of rotatable bonds is 9. The van der Waals surface area contributed by atoms with Crippen LogP contribution in [0, 0.1) is 5.82 Å². The van der Waals surface area contributed by atoms with E-state index in [9.17, 15) is 28.8 Å². The average molecular weight is 1020 g/mol. The molecule has 5 amide bonds. The van der Waals surface area contributed by atoms with Crippen LogP contribution in [0.3, 0.4) is 0 Å². The molecule has 4 saturated heterocycles. The Kier molecular flexibility index (Phi) is 12.9. The fraction of sp³-hybridized carbons (Fsp3) is 0.444. The summed E-state index contributed by atoms with van der Waals surface area (Å²) < 4.78 is 26.0. The number of hydrogen-bond donors (Lipinski definition) is 4. The summed E-state index contributed by atoms with van der Waals surface area (Å²) in [5.74, 6) is -3.26. The molecule has 1 aliphatic carbocycles. The van der Waals surface area contributed by atoms with Crippen LogP contribution in [-0.2, 0) is 42.9 Å². The molecule has 4 aromatic carbocycles. The van der Waals surface area contributed by atoms with Crippen molar-refractivity contribution < 1.29 is 33.1 Å². The molecule has 4 atom stereocenters. The van der Waals surface area contributed by atoms with Gasteiger partial charge in [0.1, 0.15) is 17.3 Å². The summed E-state index contributed by atoms with van der Waals surface area (Å²) in [6, 6.07) is 20.9. The fourth-order valence-electron chi connectivity index (χ4n) is 13.0. The Labute approximate surface area is 425 Å². The fourth-order valence-corrected chi connectivity index (χ4v) is 13.3. The van der Waals surface area contributed by atoms with Crippen molar-refractivity contribution >= 4 is 75.1 Å². The number of imide groups is 1. The zero-order valence-corrected chi connectivity index (χ0v) is 41.5. The lowest BCUT2D eigenvalue weighted by molar-refractivity contribution is -0.135. The number of aromatic nitrogens is 2. The molecule has 11 rings (SSSR count). The quantitative estimate of drug-likeness (QED) is 0.110. The van der Waals surface area contributed by atoms with E-state index in [-0.39, 0.29) is 52.6 Å². The standard InChI is InChI=1S/C54H57Cl2FN8O7/c1-62-43-28-31(8-15-41(43)65(52(62)71)42-16-17-44(66)60-48(42)67)30-63-24-18-35(19-25-63)72-36-20-26-64(27-21-36)50(69)32-9-12-34(13-10-32)58-49(68)47-45(37-6-5-7-39(56)46(37)57)54(53(61-47)22-3-2-4-23-53)38-14-11-33(55)29-40(38)59-51(54)70/h5-15,28-29,35-36,42,45,47,61H,2-4,16-27,30H2,1H3,(H,58,68)(H,59,70)(H,60,66,67)/t42?,45-,47+,54+/m0/s1. The first-order valence-electron chi connectivity index (χ1n) is 25.2. The van der Waals surface area contributed by atoms with Gasteiger partial charge in [-0.2, -0.15) is 0 Å². The van der Waals surface area contributed by atoms with Gasteiger partial charge in [0.25, 0.3) is 5.91 Å². The first-order valence-corrected chi connectivity index (χ1v) is 25.9. The molecule has 5 aliphatic heterocycles. The van der Waals surface area contributed by atoms with E-state index in [1.165, 1.54) is 10.6 Å². The van der Waals surface area contributed by atoms with E-state index in [4.69, 9.17) is 27.9 Å². The Morgan fingerprint density at radius 1 is 0.819 bits per heavy atom. The highest BCUT2D eigenvalue weighted by Gasteiger charge is 2.72. The van der Waals surface area contributed by atoms with Gasteiger partial charge in [0, 0.05) is 79.6 Å². The number of ether oxygens (including phenoxy) is 1. The average Bonchev–Trinajstić information content (AvgIpc) is 3.93. The third-order valence-corrected chi connectivity index (χ3v) is 17.0. The molecular weight excluding hydrogens is 963 g/mol. The largest absolute Gasteiger partial charge is 0.375 e. The lowest BCUT2D eigenvalue weighted by atomic mass is 9.55. The van der Waals surface area contributed by atoms with Gasteiger partial charge < -0.3 is 20.3 Å². The maximum atomic E-state index is 16.3. The zero-order valence-electron chi connectivity index (χ0n) is 40.0. The number of nitrogens with one attached hydrogen (secondary N) is 4. The Bertz CT molecular complexity index is 3070. The summed E-state index contributed by atoms with van der Waals surface area (Å²) in [5, 5.41) is 12.5. The van der Waals surface area contributed by atoms with Crippen LogP contribution in [-0.4, -0.2) is 98.4 Å². The number of piperidine rings is 3. The first-order chi connectivity index (χ1) is 34.7. The van der Waals surface area contributed by atoms with Crippen molar-refractivity contribution in [1.82, 2.24) is 29.6 Å². The smallest absolute Gasteiger partial charge is 0.329 e. The minimum absolute atomic E-state index is 0.0437. The number of halogens is 3. The highest BCUT2D eigenvalue weighted by atomic mass is 35.5. The number of likely N-dealkylation sites (tertiary alicyclic amines) is 2. The minimum Gasteiger partial charge on any atom is -0.375 e. The number of carbonyl (C=O) groups is 5. The summed E-state index contributed by atoms with van der Waals surface area (Å²) >= 11 is 12.8. The van der Waals surface area contributed by atoms with Crippen LogP contribution in [0.25, 0.3) is 11.0 Å². The van der Waals surface area contributed by atoms with E-state index >= 15 is 4.39 Å². The van der Waals surface area contributed by atoms with Gasteiger partial charge in [-0.25, -0.2) is 9.18 Å². The number of anilines is 2. The van der Waals surface area contributed by atoms with Gasteiger partial charge in [-0.05, 0) is 116 Å². The van der Waals surface area contributed by atoms with E-state index in [1.54, 1.807) is 60.1 Å². The van der Waals surface area contributed by atoms with Crippen LogP contribution in [0.5, 0.6) is 0 Å². The molecule has 0 radical (unpaired) electrons. The van der Waals surface area contributed by atoms with Gasteiger partial charge in [0.2, 0.25) is 23.6 Å². The highest BCUT2D eigenvalue weighted by Crippen LogP contribution is 2.63. The number of benzene rings is 4. The molecule has 72 heavy (non-hydrogen) atoms. The van der Waals surface area contributed by atoms with Crippen LogP contribution >= 0.6 is 23.2 Å². The molecular formula is C54H57Cl2FN8O7. The van der Waals surface area contributed by atoms with Crippen molar-refractivity contribution in [3.8, 4) is 0 Å². The van der Waals surface area contributed by atoms with Gasteiger partial charge in [-0.3, -0.25) is 48.6 Å². The number of carbonyl (C=O) groups excluding carboxylic acids is 5. The maximum Gasteiger partial charge on any atom is 0.329 e. The molecule has 4 N–H and O–H groups in total. The molecule has 18 heteroatoms. The van der Waals surface area contributed by atoms with Crippen LogP contribution < -0.4 is 27.0 Å². The van der Waals surface area contributed by atoms with Crippen LogP contribution in [0.2, 0.25) is 10.0 Å². The van der Waals surface area contributed by atoms with Crippen molar-refractivity contribution in [2.24, 2.45) is 7.05 Å². The third-order valence-electron chi connectivity index (χ3n) is 16.4. The predicted molar refractivity (Wildman–Crippen MR) is 271 cm³/mol. The zero-order chi connectivity index (χ0) is 50.1. The van der Waals surface area contributed by atoms with Gasteiger partial charge in [-0.1, -0.05) is 66.7 Å². The molecule has 1 aromatic heterocycles. The van der Waals surface area contributed by atoms with E-state index in [2.05, 4.69) is 26.2 Å². The third kappa shape index (κ3) is 8.32. The number of aryl methyl sites for hydroxylation is 1. The molecule has 5 aromatic rings. The van der Waals surface area contributed by atoms with Crippen molar-refractivity contribution in [2.75, 3.05) is 36.8 Å². The molecule has 5 fully saturated rings. The number of fused-ring (bicyclic) bond motifs is 4. The summed E-state index contributed by atoms with van der Waals surface area (Å²) in [7, 11) is 1.70. The minimum atomic E-state index is -1.35. The van der Waals surface area contributed by atoms with Gasteiger partial charge in [-0.15, -0.1) is 0 Å². The molecule has 376 valence electrons. The van der Waals surface area contributed by atoms with E-state index < -0.39 is 46.6 Å². The molecule has 1 unspecified atom stereocenters. The van der Waals surface area contributed by atoms with E-state index in [0.717, 1.165) is 69.1 Å². The van der Waals surface area contributed by atoms with Crippen LogP contribution in [0.4, 0.5) is 15.8 Å². The summed E-state index contributed by atoms with van der Waals surface area (Å²) in [4.78, 5) is 85.0. The van der Waals surface area contributed by atoms with Gasteiger partial charge >= 0.3 is 5.69 Å². The number of imidazole rings is 1. The van der Waals surface area contributed by atoms with Crippen molar-refractivity contribution in [3.63, 3.8) is 0 Å². The summed E-state index contributed by atoms with van der Waals surface area (Å²) in [6.45, 7) is 3.53. The van der Waals surface area contributed by atoms with Crippen molar-refractivity contribution in [3.05, 3.63) is 127 Å². The topological polar surface area (TPSA) is 176 Å². The first kappa shape index (κ1) is 48.4. The van der Waals surface area contributed by atoms with Crippen molar-refractivity contribution in [1.29, 1.82) is 0 Å². The Hall–Kier alpha value is -5.91. The predicted octanol–water partition coefficient (Wildman–Crippen LogP) is 7.34.